The third-order valence-electron chi connectivity index (χ3n) is 3.10. The predicted molar refractivity (Wildman–Crippen MR) is 77.9 cm³/mol. The molecular weight excluding hydrogens is 244 g/mol. The van der Waals surface area contributed by atoms with Gasteiger partial charge in [0.15, 0.2) is 0 Å². The molecule has 0 aromatic heterocycles. The Morgan fingerprint density at radius 1 is 0.944 bits per heavy atom. The molecule has 0 saturated carbocycles. The first-order valence-corrected chi connectivity index (χ1v) is 5.85. The van der Waals surface area contributed by atoms with Crippen LogP contribution in [0.5, 0.6) is 0 Å². The molecule has 18 heavy (non-hydrogen) atoms. The number of para-hydroxylation sites is 1. The maximum Gasteiger partial charge on any atom is 0.0891 e. The average molecular weight is 259 g/mol. The van der Waals surface area contributed by atoms with Crippen LogP contribution >= 0.6 is 12.4 Å². The van der Waals surface area contributed by atoms with Crippen molar-refractivity contribution in [1.82, 2.24) is 5.32 Å². The van der Waals surface area contributed by atoms with Gasteiger partial charge in [0.05, 0.1) is 18.1 Å². The number of fused-ring (bicyclic) bond motifs is 1. The van der Waals surface area contributed by atoms with Gasteiger partial charge in [-0.1, -0.05) is 48.5 Å². The second-order valence-corrected chi connectivity index (χ2v) is 4.22. The highest BCUT2D eigenvalue weighted by Gasteiger charge is 2.14. The third kappa shape index (κ3) is 2.54. The number of nitrogens with one attached hydrogen (secondary N) is 1. The summed E-state index contributed by atoms with van der Waals surface area (Å²) in [7, 11) is 0. The molecular formula is C15H15ClN2. The lowest BCUT2D eigenvalue weighted by Gasteiger charge is -2.15. The van der Waals surface area contributed by atoms with Crippen LogP contribution in [0.1, 0.15) is 17.2 Å². The Labute approximate surface area is 113 Å². The minimum Gasteiger partial charge on any atom is -0.369 e. The lowest BCUT2D eigenvalue weighted by Crippen LogP contribution is -2.20. The van der Waals surface area contributed by atoms with Gasteiger partial charge in [0, 0.05) is 0 Å². The molecule has 2 aromatic carbocycles. The largest absolute Gasteiger partial charge is 0.369 e. The maximum absolute atomic E-state index is 4.43. The Kier molecular flexibility index (Phi) is 4.00. The molecule has 92 valence electrons. The molecule has 1 unspecified atom stereocenters. The molecule has 0 fully saturated rings. The molecule has 0 aliphatic carbocycles. The van der Waals surface area contributed by atoms with Gasteiger partial charge in [0.1, 0.15) is 0 Å². The van der Waals surface area contributed by atoms with Gasteiger partial charge in [0.2, 0.25) is 0 Å². The molecule has 2 aromatic rings. The Bertz CT molecular complexity index is 537. The summed E-state index contributed by atoms with van der Waals surface area (Å²) in [5.41, 5.74) is 3.66. The summed E-state index contributed by atoms with van der Waals surface area (Å²) in [5.74, 6) is 0. The van der Waals surface area contributed by atoms with Gasteiger partial charge in [-0.25, -0.2) is 4.99 Å². The Balaban J connectivity index is 0.00000120. The normalized spacial score (nSPS) is 17.0. The first kappa shape index (κ1) is 12.7. The lowest BCUT2D eigenvalue weighted by molar-refractivity contribution is 0.658. The highest BCUT2D eigenvalue weighted by atomic mass is 35.5. The molecule has 3 heteroatoms. The smallest absolute Gasteiger partial charge is 0.0891 e. The molecule has 3 rings (SSSR count). The van der Waals surface area contributed by atoms with Gasteiger partial charge in [-0.15, -0.1) is 12.4 Å². The average Bonchev–Trinajstić information content (AvgIpc) is 2.62. The van der Waals surface area contributed by atoms with Gasteiger partial charge in [-0.3, -0.25) is 0 Å². The van der Waals surface area contributed by atoms with Gasteiger partial charge in [-0.2, -0.15) is 0 Å². The van der Waals surface area contributed by atoms with E-state index in [1.54, 1.807) is 0 Å². The highest BCUT2D eigenvalue weighted by molar-refractivity contribution is 5.85. The zero-order chi connectivity index (χ0) is 11.5. The Hall–Kier alpha value is -1.80. The molecule has 1 aliphatic rings. The Morgan fingerprint density at radius 3 is 2.50 bits per heavy atom. The van der Waals surface area contributed by atoms with Crippen LogP contribution in [-0.4, -0.2) is 6.34 Å². The number of aliphatic imine (C=N–C) groups is 1. The van der Waals surface area contributed by atoms with E-state index in [9.17, 15) is 0 Å². The molecule has 1 N–H and O–H groups in total. The number of halogens is 1. The molecule has 0 amide bonds. The van der Waals surface area contributed by atoms with Crippen molar-refractivity contribution >= 4 is 24.4 Å². The summed E-state index contributed by atoms with van der Waals surface area (Å²) >= 11 is 0. The first-order valence-electron chi connectivity index (χ1n) is 5.85. The fraction of sp³-hybridized carbons (Fsp3) is 0.133. The van der Waals surface area contributed by atoms with E-state index in [0.29, 0.717) is 6.04 Å². The molecule has 0 radical (unpaired) electrons. The fourth-order valence-electron chi connectivity index (χ4n) is 2.18. The summed E-state index contributed by atoms with van der Waals surface area (Å²) in [6, 6.07) is 19.1. The quantitative estimate of drug-likeness (QED) is 0.830. The molecule has 1 aliphatic heterocycles. The third-order valence-corrected chi connectivity index (χ3v) is 3.10. The van der Waals surface area contributed by atoms with E-state index in [1.807, 2.05) is 18.5 Å². The predicted octanol–water partition coefficient (Wildman–Crippen LogP) is 3.66. The van der Waals surface area contributed by atoms with Gasteiger partial charge >= 0.3 is 0 Å². The fourth-order valence-corrected chi connectivity index (χ4v) is 2.18. The van der Waals surface area contributed by atoms with Gasteiger partial charge in [0.25, 0.3) is 0 Å². The highest BCUT2D eigenvalue weighted by Crippen LogP contribution is 2.26. The second kappa shape index (κ2) is 5.69. The van der Waals surface area contributed by atoms with Gasteiger partial charge < -0.3 is 5.32 Å². The topological polar surface area (TPSA) is 24.4 Å². The zero-order valence-electron chi connectivity index (χ0n) is 9.91. The van der Waals surface area contributed by atoms with Crippen molar-refractivity contribution < 1.29 is 0 Å². The van der Waals surface area contributed by atoms with Crippen LogP contribution in [0, 0.1) is 0 Å². The maximum atomic E-state index is 4.43. The van der Waals surface area contributed by atoms with Crippen LogP contribution in [0.4, 0.5) is 5.69 Å². The number of benzene rings is 2. The molecule has 0 saturated heterocycles. The minimum absolute atomic E-state index is 0. The number of hydrogen-bond donors (Lipinski definition) is 1. The second-order valence-electron chi connectivity index (χ2n) is 4.22. The summed E-state index contributed by atoms with van der Waals surface area (Å²) in [5, 5.41) is 3.35. The number of hydrogen-bond acceptors (Lipinski definition) is 2. The van der Waals surface area contributed by atoms with Crippen molar-refractivity contribution in [1.29, 1.82) is 0 Å². The van der Waals surface area contributed by atoms with Crippen LogP contribution in [0.2, 0.25) is 0 Å². The molecule has 0 spiro atoms. The van der Waals surface area contributed by atoms with E-state index in [-0.39, 0.29) is 12.4 Å². The lowest BCUT2D eigenvalue weighted by atomic mass is 9.98. The van der Waals surface area contributed by atoms with E-state index >= 15 is 0 Å². The van der Waals surface area contributed by atoms with Crippen molar-refractivity contribution in [3.8, 4) is 0 Å². The Morgan fingerprint density at radius 2 is 1.67 bits per heavy atom. The summed E-state index contributed by atoms with van der Waals surface area (Å²) in [6.45, 7) is 0. The van der Waals surface area contributed by atoms with Crippen LogP contribution in [0.15, 0.2) is 59.6 Å². The van der Waals surface area contributed by atoms with E-state index < -0.39 is 0 Å². The van der Waals surface area contributed by atoms with E-state index in [1.165, 1.54) is 11.1 Å². The van der Waals surface area contributed by atoms with E-state index in [4.69, 9.17) is 0 Å². The van der Waals surface area contributed by atoms with Crippen molar-refractivity contribution in [3.63, 3.8) is 0 Å². The SMILES string of the molecule is C1=Nc2ccccc2CC(c2ccccc2)N1.Cl. The van der Waals surface area contributed by atoms with Crippen LogP contribution in [0.3, 0.4) is 0 Å². The van der Waals surface area contributed by atoms with Crippen molar-refractivity contribution in [2.24, 2.45) is 4.99 Å². The molecule has 1 heterocycles. The first-order chi connectivity index (χ1) is 8.43. The minimum atomic E-state index is 0. The van der Waals surface area contributed by atoms with E-state index in [2.05, 4.69) is 52.8 Å². The van der Waals surface area contributed by atoms with Crippen LogP contribution in [0.25, 0.3) is 0 Å². The summed E-state index contributed by atoms with van der Waals surface area (Å²) in [4.78, 5) is 4.43. The van der Waals surface area contributed by atoms with E-state index in [0.717, 1.165) is 12.1 Å². The molecule has 1 atom stereocenters. The number of rotatable bonds is 1. The standard InChI is InChI=1S/C15H14N2.ClH/c1-2-6-12(7-3-1)15-10-13-8-4-5-9-14(13)16-11-17-15;/h1-9,11,15H,10H2,(H,16,17);1H. The number of nitrogens with zero attached hydrogens (tertiary/aromatic N) is 1. The summed E-state index contributed by atoms with van der Waals surface area (Å²) in [6.07, 6.45) is 2.78. The van der Waals surface area contributed by atoms with Gasteiger partial charge in [-0.05, 0) is 23.6 Å². The molecule has 2 nitrogen and oxygen atoms in total. The zero-order valence-corrected chi connectivity index (χ0v) is 10.7. The van der Waals surface area contributed by atoms with Crippen molar-refractivity contribution in [3.05, 3.63) is 65.7 Å². The summed E-state index contributed by atoms with van der Waals surface area (Å²) < 4.78 is 0. The monoisotopic (exact) mass is 258 g/mol. The van der Waals surface area contributed by atoms with Crippen molar-refractivity contribution in [2.45, 2.75) is 12.5 Å². The molecule has 0 bridgehead atoms. The van der Waals surface area contributed by atoms with Crippen LogP contribution in [-0.2, 0) is 6.42 Å². The van der Waals surface area contributed by atoms with Crippen LogP contribution < -0.4 is 5.32 Å². The van der Waals surface area contributed by atoms with Crippen molar-refractivity contribution in [2.75, 3.05) is 0 Å².